The Bertz CT molecular complexity index is 731. The first kappa shape index (κ1) is 20.6. The second kappa shape index (κ2) is 8.94. The maximum atomic E-state index is 13.1. The van der Waals surface area contributed by atoms with Crippen molar-refractivity contribution in [1.82, 2.24) is 4.90 Å². The smallest absolute Gasteiger partial charge is 0.247 e. The molecule has 0 bridgehead atoms. The van der Waals surface area contributed by atoms with Crippen molar-refractivity contribution in [3.8, 4) is 0 Å². The quantitative estimate of drug-likeness (QED) is 0.477. The monoisotopic (exact) mass is 500 g/mol. The van der Waals surface area contributed by atoms with Crippen LogP contribution in [-0.2, 0) is 14.4 Å². The van der Waals surface area contributed by atoms with Gasteiger partial charge in [-0.1, -0.05) is 12.8 Å². The van der Waals surface area contributed by atoms with E-state index in [2.05, 4.69) is 27.9 Å². The molecule has 2 aliphatic rings. The van der Waals surface area contributed by atoms with E-state index in [-0.39, 0.29) is 29.6 Å². The summed E-state index contributed by atoms with van der Waals surface area (Å²) in [6, 6.07) is 5.06. The van der Waals surface area contributed by atoms with Crippen molar-refractivity contribution < 1.29 is 14.4 Å². The molecule has 3 unspecified atom stereocenters. The molecule has 0 aromatic heterocycles. The average Bonchev–Trinajstić information content (AvgIpc) is 2.90. The van der Waals surface area contributed by atoms with Crippen LogP contribution < -0.4 is 5.32 Å². The molecule has 1 heterocycles. The fourth-order valence-electron chi connectivity index (χ4n) is 4.09. The van der Waals surface area contributed by atoms with Gasteiger partial charge in [0.1, 0.15) is 6.04 Å². The summed E-state index contributed by atoms with van der Waals surface area (Å²) in [5, 5.41) is 2.95. The summed E-state index contributed by atoms with van der Waals surface area (Å²) in [7, 11) is 0. The lowest BCUT2D eigenvalue weighted by Crippen LogP contribution is -2.48. The van der Waals surface area contributed by atoms with Gasteiger partial charge < -0.3 is 5.32 Å². The minimum Gasteiger partial charge on any atom is -0.324 e. The molecule has 1 aromatic rings. The summed E-state index contributed by atoms with van der Waals surface area (Å²) in [6.07, 6.45) is 5.94. The molecule has 146 valence electrons. The van der Waals surface area contributed by atoms with Gasteiger partial charge in [0.25, 0.3) is 0 Å². The molecule has 7 heteroatoms. The Morgan fingerprint density at radius 1 is 1.26 bits per heavy atom. The summed E-state index contributed by atoms with van der Waals surface area (Å²) in [5.41, 5.74) is 1.69. The number of benzene rings is 1. The van der Waals surface area contributed by atoms with Crippen LogP contribution in [0.15, 0.2) is 18.2 Å². The molecule has 5 nitrogen and oxygen atoms in total. The maximum Gasteiger partial charge on any atom is 0.247 e. The minimum atomic E-state index is -0.735. The van der Waals surface area contributed by atoms with Gasteiger partial charge in [-0.15, -0.1) is 0 Å². The number of thioether (sulfide) groups is 1. The molecule has 1 N–H and O–H groups in total. The molecular formula is C20H25IN2O3S. The molecule has 1 aliphatic carbocycles. The molecule has 1 saturated carbocycles. The van der Waals surface area contributed by atoms with E-state index in [9.17, 15) is 14.4 Å². The standard InChI is InChI=1S/C20H25IN2O3S/c1-12-11-13(21)7-8-16(12)22-18(24)17(9-10-27-2)23-19(25)14-5-3-4-6-15(14)20(23)26/h7-8,11,14-15,17H,3-6,9-10H2,1-2H3,(H,22,24). The van der Waals surface area contributed by atoms with Crippen molar-refractivity contribution in [3.05, 3.63) is 27.3 Å². The number of likely N-dealkylation sites (tertiary alicyclic amines) is 1. The highest BCUT2D eigenvalue weighted by Gasteiger charge is 2.51. The molecule has 3 rings (SSSR count). The Morgan fingerprint density at radius 3 is 2.44 bits per heavy atom. The first-order chi connectivity index (χ1) is 12.9. The van der Waals surface area contributed by atoms with E-state index in [0.29, 0.717) is 6.42 Å². The number of nitrogens with zero attached hydrogens (tertiary/aromatic N) is 1. The lowest BCUT2D eigenvalue weighted by atomic mass is 9.81. The van der Waals surface area contributed by atoms with Crippen molar-refractivity contribution in [1.29, 1.82) is 0 Å². The van der Waals surface area contributed by atoms with Crippen LogP contribution in [0.4, 0.5) is 5.69 Å². The highest BCUT2D eigenvalue weighted by atomic mass is 127. The number of anilines is 1. The second-order valence-corrected chi connectivity index (χ2v) is 9.52. The lowest BCUT2D eigenvalue weighted by molar-refractivity contribution is -0.146. The van der Waals surface area contributed by atoms with E-state index >= 15 is 0 Å². The third kappa shape index (κ3) is 4.34. The van der Waals surface area contributed by atoms with Crippen molar-refractivity contribution in [3.63, 3.8) is 0 Å². The molecule has 0 radical (unpaired) electrons. The van der Waals surface area contributed by atoms with Gasteiger partial charge in [0.05, 0.1) is 11.8 Å². The molecule has 2 fully saturated rings. The van der Waals surface area contributed by atoms with Crippen LogP contribution >= 0.6 is 34.4 Å². The Kier molecular flexibility index (Phi) is 6.83. The number of imide groups is 1. The van der Waals surface area contributed by atoms with E-state index < -0.39 is 6.04 Å². The van der Waals surface area contributed by atoms with Gasteiger partial charge in [0.2, 0.25) is 17.7 Å². The van der Waals surface area contributed by atoms with Gasteiger partial charge in [-0.05, 0) is 84.5 Å². The van der Waals surface area contributed by atoms with Crippen LogP contribution in [0.2, 0.25) is 0 Å². The fraction of sp³-hybridized carbons (Fsp3) is 0.550. The maximum absolute atomic E-state index is 13.1. The van der Waals surface area contributed by atoms with Crippen molar-refractivity contribution >= 4 is 57.8 Å². The fourth-order valence-corrected chi connectivity index (χ4v) is 5.19. The van der Waals surface area contributed by atoms with Crippen LogP contribution in [0.3, 0.4) is 0 Å². The van der Waals surface area contributed by atoms with Crippen LogP contribution in [0.25, 0.3) is 0 Å². The highest BCUT2D eigenvalue weighted by Crippen LogP contribution is 2.39. The summed E-state index contributed by atoms with van der Waals surface area (Å²) in [5.74, 6) is -0.299. The number of hydrogen-bond acceptors (Lipinski definition) is 4. The van der Waals surface area contributed by atoms with Gasteiger partial charge in [-0.25, -0.2) is 0 Å². The van der Waals surface area contributed by atoms with Crippen LogP contribution in [0.5, 0.6) is 0 Å². The third-order valence-electron chi connectivity index (χ3n) is 5.53. The van der Waals surface area contributed by atoms with Gasteiger partial charge in [-0.3, -0.25) is 19.3 Å². The second-order valence-electron chi connectivity index (χ2n) is 7.29. The predicted octanol–water partition coefficient (Wildman–Crippen LogP) is 3.84. The molecule has 1 aromatic carbocycles. The number of nitrogens with one attached hydrogen (secondary N) is 1. The number of fused-ring (bicyclic) bond motifs is 1. The molecular weight excluding hydrogens is 475 g/mol. The molecule has 3 amide bonds. The van der Waals surface area contributed by atoms with E-state index in [4.69, 9.17) is 0 Å². The zero-order valence-corrected chi connectivity index (χ0v) is 18.6. The zero-order valence-electron chi connectivity index (χ0n) is 15.7. The van der Waals surface area contributed by atoms with Crippen molar-refractivity contribution in [2.24, 2.45) is 11.8 Å². The Labute approximate surface area is 178 Å². The van der Waals surface area contributed by atoms with Crippen molar-refractivity contribution in [2.45, 2.75) is 45.1 Å². The van der Waals surface area contributed by atoms with Crippen LogP contribution in [-0.4, -0.2) is 40.7 Å². The summed E-state index contributed by atoms with van der Waals surface area (Å²) < 4.78 is 1.09. The SMILES string of the molecule is CSCCC(C(=O)Nc1ccc(I)cc1C)N1C(=O)C2CCCCC2C1=O. The van der Waals surface area contributed by atoms with Gasteiger partial charge in [0.15, 0.2) is 0 Å². The van der Waals surface area contributed by atoms with E-state index in [1.807, 2.05) is 31.4 Å². The number of carbonyl (C=O) groups excluding carboxylic acids is 3. The number of aryl methyl sites for hydroxylation is 1. The molecule has 1 aliphatic heterocycles. The van der Waals surface area contributed by atoms with E-state index in [0.717, 1.165) is 46.3 Å². The highest BCUT2D eigenvalue weighted by molar-refractivity contribution is 14.1. The minimum absolute atomic E-state index is 0.148. The number of hydrogen-bond donors (Lipinski definition) is 1. The number of halogens is 1. The van der Waals surface area contributed by atoms with Gasteiger partial charge >= 0.3 is 0 Å². The normalized spacial score (nSPS) is 23.3. The summed E-state index contributed by atoms with van der Waals surface area (Å²) in [4.78, 5) is 40.2. The molecule has 0 spiro atoms. The molecule has 3 atom stereocenters. The third-order valence-corrected chi connectivity index (χ3v) is 6.85. The largest absolute Gasteiger partial charge is 0.324 e. The van der Waals surface area contributed by atoms with Crippen molar-refractivity contribution in [2.75, 3.05) is 17.3 Å². The van der Waals surface area contributed by atoms with Crippen LogP contribution in [0.1, 0.15) is 37.7 Å². The first-order valence-corrected chi connectivity index (χ1v) is 11.8. The molecule has 27 heavy (non-hydrogen) atoms. The van der Waals surface area contributed by atoms with E-state index in [1.54, 1.807) is 11.8 Å². The zero-order chi connectivity index (χ0) is 19.6. The van der Waals surface area contributed by atoms with E-state index in [1.165, 1.54) is 4.90 Å². The number of carbonyl (C=O) groups is 3. The number of rotatable bonds is 6. The molecule has 1 saturated heterocycles. The first-order valence-electron chi connectivity index (χ1n) is 9.37. The summed E-state index contributed by atoms with van der Waals surface area (Å²) >= 11 is 3.84. The average molecular weight is 500 g/mol. The van der Waals surface area contributed by atoms with Gasteiger partial charge in [0, 0.05) is 9.26 Å². The van der Waals surface area contributed by atoms with Gasteiger partial charge in [-0.2, -0.15) is 11.8 Å². The summed E-state index contributed by atoms with van der Waals surface area (Å²) in [6.45, 7) is 1.94. The van der Waals surface area contributed by atoms with Crippen LogP contribution in [0, 0.1) is 22.3 Å². The predicted molar refractivity (Wildman–Crippen MR) is 117 cm³/mol. The Hall–Kier alpha value is -1.09. The Morgan fingerprint density at radius 2 is 1.89 bits per heavy atom. The topological polar surface area (TPSA) is 66.5 Å². The lowest BCUT2D eigenvalue weighted by Gasteiger charge is -2.26. The Balaban J connectivity index is 1.83. The number of amides is 3.